The van der Waals surface area contributed by atoms with Crippen molar-refractivity contribution in [1.29, 1.82) is 0 Å². The van der Waals surface area contributed by atoms with Gasteiger partial charge in [0, 0.05) is 37.0 Å². The molecule has 11 nitrogen and oxygen atoms in total. The minimum atomic E-state index is -0.433. The van der Waals surface area contributed by atoms with Crippen molar-refractivity contribution in [3.05, 3.63) is 59.9 Å². The average molecular weight is 476 g/mol. The number of carbonyl (C=O) groups excluding carboxylic acids is 1. The molecule has 0 radical (unpaired) electrons. The van der Waals surface area contributed by atoms with Gasteiger partial charge in [0.1, 0.15) is 11.9 Å². The van der Waals surface area contributed by atoms with Crippen molar-refractivity contribution in [2.24, 2.45) is 0 Å². The van der Waals surface area contributed by atoms with Crippen molar-refractivity contribution < 1.29 is 19.1 Å². The third-order valence-electron chi connectivity index (χ3n) is 6.03. The van der Waals surface area contributed by atoms with E-state index in [1.807, 2.05) is 30.5 Å². The Kier molecular flexibility index (Phi) is 5.64. The van der Waals surface area contributed by atoms with E-state index in [9.17, 15) is 4.79 Å². The average Bonchev–Trinajstić information content (AvgIpc) is 3.51. The first-order valence-corrected chi connectivity index (χ1v) is 11.5. The van der Waals surface area contributed by atoms with Crippen LogP contribution in [-0.4, -0.2) is 75.9 Å². The maximum Gasteiger partial charge on any atom is 0.295 e. The number of benzene rings is 1. The monoisotopic (exact) mass is 475 g/mol. The van der Waals surface area contributed by atoms with Gasteiger partial charge < -0.3 is 14.4 Å². The van der Waals surface area contributed by atoms with Crippen LogP contribution < -0.4 is 10.4 Å². The maximum atomic E-state index is 12.7. The molecule has 0 unspecified atom stereocenters. The number of hydrogen-bond donors (Lipinski definition) is 1. The molecule has 180 valence electrons. The van der Waals surface area contributed by atoms with Crippen LogP contribution in [0.2, 0.25) is 0 Å². The lowest BCUT2D eigenvalue weighted by molar-refractivity contribution is -0.153. The third kappa shape index (κ3) is 4.36. The Morgan fingerprint density at radius 3 is 2.71 bits per heavy atom. The number of carbonyl (C=O) groups is 1. The Morgan fingerprint density at radius 1 is 1.09 bits per heavy atom. The molecule has 35 heavy (non-hydrogen) atoms. The predicted octanol–water partition coefficient (Wildman–Crippen LogP) is 1.79. The highest BCUT2D eigenvalue weighted by molar-refractivity contribution is 5.92. The number of morpholine rings is 1. The Bertz CT molecular complexity index is 1370. The summed E-state index contributed by atoms with van der Waals surface area (Å²) in [5.41, 5.74) is 6.28. The van der Waals surface area contributed by atoms with Crippen molar-refractivity contribution in [2.45, 2.75) is 13.0 Å². The second-order valence-corrected chi connectivity index (χ2v) is 8.60. The van der Waals surface area contributed by atoms with Crippen LogP contribution in [-0.2, 0) is 14.3 Å². The molecule has 6 rings (SSSR count). The van der Waals surface area contributed by atoms with Crippen LogP contribution in [0, 0.1) is 6.92 Å². The molecule has 0 saturated carbocycles. The van der Waals surface area contributed by atoms with Crippen LogP contribution in [0.1, 0.15) is 16.1 Å². The molecule has 0 spiro atoms. The fourth-order valence-corrected chi connectivity index (χ4v) is 4.07. The fourth-order valence-electron chi connectivity index (χ4n) is 4.07. The van der Waals surface area contributed by atoms with Gasteiger partial charge in [-0.3, -0.25) is 9.63 Å². The van der Waals surface area contributed by atoms with Gasteiger partial charge in [-0.25, -0.2) is 15.1 Å². The van der Waals surface area contributed by atoms with E-state index in [4.69, 9.17) is 24.4 Å². The van der Waals surface area contributed by atoms with E-state index in [0.717, 1.165) is 17.1 Å². The van der Waals surface area contributed by atoms with Crippen LogP contribution in [0.3, 0.4) is 0 Å². The largest absolute Gasteiger partial charge is 0.378 e. The lowest BCUT2D eigenvalue weighted by atomic mass is 10.1. The second-order valence-electron chi connectivity index (χ2n) is 8.60. The number of nitrogens with zero attached hydrogens (tertiary/aromatic N) is 6. The van der Waals surface area contributed by atoms with Gasteiger partial charge in [0.15, 0.2) is 17.2 Å². The van der Waals surface area contributed by atoms with Gasteiger partial charge in [-0.05, 0) is 19.1 Å². The summed E-state index contributed by atoms with van der Waals surface area (Å²) in [4.78, 5) is 24.9. The summed E-state index contributed by atoms with van der Waals surface area (Å²) in [6.07, 6.45) is 1.75. The normalized spacial score (nSPS) is 16.4. The zero-order valence-electron chi connectivity index (χ0n) is 19.3. The van der Waals surface area contributed by atoms with Gasteiger partial charge >= 0.3 is 0 Å². The number of ether oxygens (including phenoxy) is 2. The molecule has 3 aromatic heterocycles. The van der Waals surface area contributed by atoms with E-state index < -0.39 is 5.91 Å². The van der Waals surface area contributed by atoms with Gasteiger partial charge in [0.25, 0.3) is 5.91 Å². The van der Waals surface area contributed by atoms with Crippen LogP contribution in [0.4, 0.5) is 5.82 Å². The smallest absolute Gasteiger partial charge is 0.295 e. The SMILES string of the molecule is Cc1cccc(-c2ccn(-c3cc(N4CCOCC4)n4nc(C(=O)NOC5COC5)cc4n3)n2)c1. The molecule has 1 N–H and O–H groups in total. The fraction of sp³-hybridized carbons (Fsp3) is 0.333. The van der Waals surface area contributed by atoms with Crippen LogP contribution in [0.5, 0.6) is 0 Å². The standard InChI is InChI=1S/C24H25N7O4/c1-16-3-2-4-17(11-16)19-5-6-30(26-19)21-13-23(29-7-9-33-10-8-29)31-22(25-21)12-20(27-31)24(32)28-35-18-14-34-15-18/h2-6,11-13,18H,7-10,14-15H2,1H3,(H,28,32). The summed E-state index contributed by atoms with van der Waals surface area (Å²) in [6.45, 7) is 5.63. The molecule has 4 aromatic rings. The van der Waals surface area contributed by atoms with E-state index in [1.165, 1.54) is 5.56 Å². The van der Waals surface area contributed by atoms with E-state index in [1.54, 1.807) is 15.3 Å². The zero-order chi connectivity index (χ0) is 23.8. The first-order chi connectivity index (χ1) is 17.1. The summed E-state index contributed by atoms with van der Waals surface area (Å²) in [5, 5.41) is 9.29. The van der Waals surface area contributed by atoms with E-state index in [0.29, 0.717) is 51.0 Å². The highest BCUT2D eigenvalue weighted by Gasteiger charge is 2.23. The van der Waals surface area contributed by atoms with Gasteiger partial charge in [0.05, 0.1) is 32.1 Å². The number of anilines is 1. The Hall–Kier alpha value is -3.80. The molecule has 1 amide bonds. The molecule has 0 aliphatic carbocycles. The lowest BCUT2D eigenvalue weighted by Gasteiger charge is -2.29. The molecule has 0 bridgehead atoms. The predicted molar refractivity (Wildman–Crippen MR) is 126 cm³/mol. The number of rotatable bonds is 6. The highest BCUT2D eigenvalue weighted by atomic mass is 16.7. The van der Waals surface area contributed by atoms with Gasteiger partial charge in [-0.15, -0.1) is 0 Å². The molecular weight excluding hydrogens is 450 g/mol. The number of nitrogens with one attached hydrogen (secondary N) is 1. The number of amides is 1. The molecule has 2 saturated heterocycles. The van der Waals surface area contributed by atoms with E-state index >= 15 is 0 Å². The van der Waals surface area contributed by atoms with Gasteiger partial charge in [-0.2, -0.15) is 14.7 Å². The third-order valence-corrected chi connectivity index (χ3v) is 6.03. The number of fused-ring (bicyclic) bond motifs is 1. The van der Waals surface area contributed by atoms with Crippen molar-refractivity contribution in [1.82, 2.24) is 29.9 Å². The maximum absolute atomic E-state index is 12.7. The van der Waals surface area contributed by atoms with Gasteiger partial charge in [0.2, 0.25) is 0 Å². The number of hydroxylamine groups is 1. The summed E-state index contributed by atoms with van der Waals surface area (Å²) >= 11 is 0. The summed E-state index contributed by atoms with van der Waals surface area (Å²) in [5.74, 6) is 1.01. The number of aryl methyl sites for hydroxylation is 1. The molecule has 2 fully saturated rings. The van der Waals surface area contributed by atoms with Crippen LogP contribution in [0.25, 0.3) is 22.7 Å². The molecule has 2 aliphatic rings. The molecule has 11 heteroatoms. The molecule has 5 heterocycles. The van der Waals surface area contributed by atoms with Crippen molar-refractivity contribution in [3.63, 3.8) is 0 Å². The first kappa shape index (κ1) is 21.7. The summed E-state index contributed by atoms with van der Waals surface area (Å²) < 4.78 is 14.0. The Balaban J connectivity index is 1.36. The molecule has 0 atom stereocenters. The van der Waals surface area contributed by atoms with Crippen molar-refractivity contribution >= 4 is 17.4 Å². The topological polar surface area (TPSA) is 108 Å². The Morgan fingerprint density at radius 2 is 1.94 bits per heavy atom. The number of aromatic nitrogens is 5. The van der Waals surface area contributed by atoms with E-state index in [2.05, 4.69) is 34.5 Å². The number of hydrogen-bond acceptors (Lipinski definition) is 8. The highest BCUT2D eigenvalue weighted by Crippen LogP contribution is 2.24. The van der Waals surface area contributed by atoms with Crippen LogP contribution >= 0.6 is 0 Å². The van der Waals surface area contributed by atoms with Gasteiger partial charge in [-0.1, -0.05) is 23.8 Å². The first-order valence-electron chi connectivity index (χ1n) is 11.5. The quantitative estimate of drug-likeness (QED) is 0.421. The van der Waals surface area contributed by atoms with E-state index in [-0.39, 0.29) is 11.8 Å². The van der Waals surface area contributed by atoms with Crippen LogP contribution in [0.15, 0.2) is 48.7 Å². The molecule has 2 aliphatic heterocycles. The van der Waals surface area contributed by atoms with Crippen molar-refractivity contribution in [2.75, 3.05) is 44.4 Å². The minimum absolute atomic E-state index is 0.132. The summed E-state index contributed by atoms with van der Waals surface area (Å²) in [6, 6.07) is 13.8. The lowest BCUT2D eigenvalue weighted by Crippen LogP contribution is -2.42. The zero-order valence-corrected chi connectivity index (χ0v) is 19.3. The van der Waals surface area contributed by atoms with Crippen molar-refractivity contribution in [3.8, 4) is 17.1 Å². The Labute approximate surface area is 201 Å². The minimum Gasteiger partial charge on any atom is -0.378 e. The molecular formula is C24H25N7O4. The second kappa shape index (κ2) is 9.10. The molecule has 1 aromatic carbocycles. The summed E-state index contributed by atoms with van der Waals surface area (Å²) in [7, 11) is 0.